The number of rotatable bonds is 5. The molecule has 0 aromatic carbocycles. The third-order valence-corrected chi connectivity index (χ3v) is 7.71. The van der Waals surface area contributed by atoms with Crippen molar-refractivity contribution >= 4 is 28.0 Å². The normalized spacial score (nSPS) is 21.7. The van der Waals surface area contributed by atoms with Crippen LogP contribution in [-0.2, 0) is 6.54 Å². The summed E-state index contributed by atoms with van der Waals surface area (Å²) in [4.78, 5) is 11.9. The lowest BCUT2D eigenvalue weighted by Crippen LogP contribution is -2.41. The van der Waals surface area contributed by atoms with Crippen molar-refractivity contribution in [2.45, 2.75) is 45.6 Å². The number of nitrogens with one attached hydrogen (secondary N) is 2. The molecular formula is C23H28N8S. The van der Waals surface area contributed by atoms with E-state index in [0.29, 0.717) is 0 Å². The lowest BCUT2D eigenvalue weighted by Gasteiger charge is -2.41. The molecule has 32 heavy (non-hydrogen) atoms. The van der Waals surface area contributed by atoms with Crippen LogP contribution in [0.3, 0.4) is 0 Å². The summed E-state index contributed by atoms with van der Waals surface area (Å²) in [7, 11) is 0. The van der Waals surface area contributed by atoms with Gasteiger partial charge in [0.2, 0.25) is 0 Å². The number of H-pyrrole nitrogens is 1. The highest BCUT2D eigenvalue weighted by molar-refractivity contribution is 7.10. The number of piperidine rings is 1. The number of hydrogen-bond acceptors (Lipinski definition) is 7. The van der Waals surface area contributed by atoms with Crippen LogP contribution in [0.5, 0.6) is 0 Å². The van der Waals surface area contributed by atoms with Gasteiger partial charge in [-0.2, -0.15) is 9.47 Å². The summed E-state index contributed by atoms with van der Waals surface area (Å²) < 4.78 is 6.79. The van der Waals surface area contributed by atoms with E-state index in [9.17, 15) is 0 Å². The average molecular weight is 449 g/mol. The molecular weight excluding hydrogens is 420 g/mol. The summed E-state index contributed by atoms with van der Waals surface area (Å²) >= 11 is 1.49. The molecule has 9 heteroatoms. The lowest BCUT2D eigenvalue weighted by atomic mass is 9.75. The fourth-order valence-electron chi connectivity index (χ4n) is 5.41. The second kappa shape index (κ2) is 8.29. The van der Waals surface area contributed by atoms with E-state index in [2.05, 4.69) is 35.9 Å². The van der Waals surface area contributed by atoms with Gasteiger partial charge in [0, 0.05) is 31.0 Å². The maximum absolute atomic E-state index is 4.73. The minimum Gasteiger partial charge on any atom is -0.328 e. The molecule has 0 amide bonds. The Balaban J connectivity index is 1.19. The van der Waals surface area contributed by atoms with E-state index < -0.39 is 0 Å². The van der Waals surface area contributed by atoms with Gasteiger partial charge in [0.25, 0.3) is 0 Å². The van der Waals surface area contributed by atoms with Crippen LogP contribution in [-0.4, -0.2) is 46.9 Å². The van der Waals surface area contributed by atoms with Gasteiger partial charge >= 0.3 is 0 Å². The molecule has 4 aromatic rings. The van der Waals surface area contributed by atoms with Crippen molar-refractivity contribution in [2.75, 3.05) is 18.4 Å². The number of nitrogens with zero attached hydrogens (tertiary/aromatic N) is 6. The number of hydrogen-bond donors (Lipinski definition) is 2. The Labute approximate surface area is 191 Å². The van der Waals surface area contributed by atoms with Crippen LogP contribution in [0, 0.1) is 18.8 Å². The Bertz CT molecular complexity index is 1210. The van der Waals surface area contributed by atoms with E-state index in [-0.39, 0.29) is 0 Å². The lowest BCUT2D eigenvalue weighted by molar-refractivity contribution is 0.0814. The van der Waals surface area contributed by atoms with Crippen LogP contribution < -0.4 is 5.32 Å². The zero-order valence-electron chi connectivity index (χ0n) is 18.3. The van der Waals surface area contributed by atoms with E-state index in [1.807, 2.05) is 25.5 Å². The molecule has 2 N–H and O–H groups in total. The molecule has 4 aromatic heterocycles. The standard InChI is InChI=1S/C23H28N8S/c1-15-12-31-20(18-9-25-26-10-18)11-24-23(31)22(27-15)28-21-8-19(29-32-21)14-30-7-6-16-4-2-3-5-17(16)13-30/h8-12,16-17H,2-7,13-14H2,1H3,(H,25,26)(H,27,28). The highest BCUT2D eigenvalue weighted by Gasteiger charge is 2.31. The Morgan fingerprint density at radius 2 is 2.09 bits per heavy atom. The van der Waals surface area contributed by atoms with Crippen molar-refractivity contribution in [1.29, 1.82) is 0 Å². The maximum Gasteiger partial charge on any atom is 0.180 e. The summed E-state index contributed by atoms with van der Waals surface area (Å²) in [5.74, 6) is 2.60. The zero-order chi connectivity index (χ0) is 21.5. The van der Waals surface area contributed by atoms with Crippen LogP contribution in [0.25, 0.3) is 16.9 Å². The predicted molar refractivity (Wildman–Crippen MR) is 126 cm³/mol. The van der Waals surface area contributed by atoms with Crippen molar-refractivity contribution in [3.8, 4) is 11.3 Å². The largest absolute Gasteiger partial charge is 0.328 e. The van der Waals surface area contributed by atoms with E-state index in [1.54, 1.807) is 6.20 Å². The minimum absolute atomic E-state index is 0.748. The van der Waals surface area contributed by atoms with Crippen LogP contribution in [0.1, 0.15) is 43.5 Å². The van der Waals surface area contributed by atoms with Gasteiger partial charge in [-0.15, -0.1) is 0 Å². The fourth-order valence-corrected chi connectivity index (χ4v) is 6.07. The molecule has 1 saturated carbocycles. The first-order valence-corrected chi connectivity index (χ1v) is 12.3. The molecule has 2 fully saturated rings. The van der Waals surface area contributed by atoms with E-state index >= 15 is 0 Å². The first-order valence-electron chi connectivity index (χ1n) is 11.5. The van der Waals surface area contributed by atoms with Crippen LogP contribution in [0.15, 0.2) is 30.9 Å². The Hall–Kier alpha value is -2.78. The number of aromatic nitrogens is 6. The molecule has 0 radical (unpaired) electrons. The number of likely N-dealkylation sites (tertiary alicyclic amines) is 1. The molecule has 6 rings (SSSR count). The fraction of sp³-hybridized carbons (Fsp3) is 0.478. The van der Waals surface area contributed by atoms with Crippen molar-refractivity contribution in [1.82, 2.24) is 33.8 Å². The van der Waals surface area contributed by atoms with Crippen LogP contribution >= 0.6 is 11.5 Å². The molecule has 0 bridgehead atoms. The summed E-state index contributed by atoms with van der Waals surface area (Å²) in [6.45, 7) is 5.37. The number of imidazole rings is 1. The monoisotopic (exact) mass is 448 g/mol. The zero-order valence-corrected chi connectivity index (χ0v) is 19.1. The Kier molecular flexibility index (Phi) is 5.15. The van der Waals surface area contributed by atoms with Gasteiger partial charge in [0.05, 0.1) is 29.5 Å². The van der Waals surface area contributed by atoms with E-state index in [1.165, 1.54) is 56.7 Å². The first kappa shape index (κ1) is 19.9. The van der Waals surface area contributed by atoms with Crippen molar-refractivity contribution < 1.29 is 0 Å². The molecule has 2 unspecified atom stereocenters. The summed E-state index contributed by atoms with van der Waals surface area (Å²) in [5.41, 5.74) is 4.83. The van der Waals surface area contributed by atoms with Crippen LogP contribution in [0.2, 0.25) is 0 Å². The van der Waals surface area contributed by atoms with E-state index in [4.69, 9.17) is 9.36 Å². The molecule has 1 saturated heterocycles. The van der Waals surface area contributed by atoms with Gasteiger partial charge in [-0.05, 0) is 55.7 Å². The molecule has 1 aliphatic carbocycles. The summed E-state index contributed by atoms with van der Waals surface area (Å²) in [5, 5.41) is 11.4. The molecule has 2 atom stereocenters. The smallest absolute Gasteiger partial charge is 0.180 e. The summed E-state index contributed by atoms with van der Waals surface area (Å²) in [6, 6.07) is 2.16. The first-order chi connectivity index (χ1) is 15.7. The number of aromatic amines is 1. The topological polar surface area (TPSA) is 87.0 Å². The van der Waals surface area contributed by atoms with Gasteiger partial charge in [-0.25, -0.2) is 9.97 Å². The Morgan fingerprint density at radius 1 is 1.19 bits per heavy atom. The minimum atomic E-state index is 0.748. The SMILES string of the molecule is Cc1cn2c(-c3cn[nH]c3)cnc2c(Nc2cc(CN3CCC4CCCCC4C3)ns2)n1. The average Bonchev–Trinajstić information content (AvgIpc) is 3.55. The van der Waals surface area contributed by atoms with Gasteiger partial charge in [0.1, 0.15) is 5.00 Å². The van der Waals surface area contributed by atoms with Gasteiger partial charge in [-0.3, -0.25) is 14.4 Å². The number of anilines is 2. The summed E-state index contributed by atoms with van der Waals surface area (Å²) in [6.07, 6.45) is 14.6. The molecule has 166 valence electrons. The number of aryl methyl sites for hydroxylation is 1. The van der Waals surface area contributed by atoms with Crippen LogP contribution in [0.4, 0.5) is 10.8 Å². The van der Waals surface area contributed by atoms with E-state index in [0.717, 1.165) is 57.5 Å². The third kappa shape index (κ3) is 3.80. The predicted octanol–water partition coefficient (Wildman–Crippen LogP) is 4.64. The van der Waals surface area contributed by atoms with Gasteiger partial charge < -0.3 is 5.32 Å². The third-order valence-electron chi connectivity index (χ3n) is 6.97. The molecule has 1 aliphatic heterocycles. The quantitative estimate of drug-likeness (QED) is 0.462. The second-order valence-corrected chi connectivity index (χ2v) is 10.00. The highest BCUT2D eigenvalue weighted by atomic mass is 32.1. The molecule has 5 heterocycles. The molecule has 2 aliphatic rings. The molecule has 8 nitrogen and oxygen atoms in total. The molecule has 0 spiro atoms. The Morgan fingerprint density at radius 3 is 2.97 bits per heavy atom. The van der Waals surface area contributed by atoms with Gasteiger partial charge in [0.15, 0.2) is 11.5 Å². The van der Waals surface area contributed by atoms with Crippen molar-refractivity contribution in [3.63, 3.8) is 0 Å². The second-order valence-electron chi connectivity index (χ2n) is 9.19. The van der Waals surface area contributed by atoms with Crippen molar-refractivity contribution in [2.24, 2.45) is 11.8 Å². The number of fused-ring (bicyclic) bond motifs is 2. The van der Waals surface area contributed by atoms with Crippen molar-refractivity contribution in [3.05, 3.63) is 42.2 Å². The highest BCUT2D eigenvalue weighted by Crippen LogP contribution is 2.36. The maximum atomic E-state index is 4.73. The van der Waals surface area contributed by atoms with Gasteiger partial charge in [-0.1, -0.05) is 19.3 Å².